The molecular formula is C10H19NO2. The Morgan fingerprint density at radius 1 is 1.54 bits per heavy atom. The first-order valence-corrected chi connectivity index (χ1v) is 5.08. The van der Waals surface area contributed by atoms with Gasteiger partial charge in [-0.25, -0.2) is 0 Å². The number of piperidine rings is 1. The molecule has 1 fully saturated rings. The van der Waals surface area contributed by atoms with Gasteiger partial charge < -0.3 is 5.11 Å². The molecule has 1 heterocycles. The largest absolute Gasteiger partial charge is 0.395 e. The molecule has 1 aliphatic heterocycles. The van der Waals surface area contributed by atoms with Gasteiger partial charge in [-0.1, -0.05) is 6.42 Å². The lowest BCUT2D eigenvalue weighted by molar-refractivity contribution is -0.118. The van der Waals surface area contributed by atoms with Crippen molar-refractivity contribution in [3.63, 3.8) is 0 Å². The van der Waals surface area contributed by atoms with E-state index in [9.17, 15) is 4.79 Å². The van der Waals surface area contributed by atoms with Crippen LogP contribution in [0.25, 0.3) is 0 Å². The Labute approximate surface area is 79.7 Å². The lowest BCUT2D eigenvalue weighted by atomic mass is 9.98. The van der Waals surface area contributed by atoms with E-state index in [1.54, 1.807) is 6.92 Å². The number of ketones is 1. The van der Waals surface area contributed by atoms with E-state index in [0.29, 0.717) is 12.5 Å². The van der Waals surface area contributed by atoms with Crippen molar-refractivity contribution < 1.29 is 9.90 Å². The van der Waals surface area contributed by atoms with Crippen LogP contribution >= 0.6 is 0 Å². The van der Waals surface area contributed by atoms with E-state index in [-0.39, 0.29) is 12.4 Å². The van der Waals surface area contributed by atoms with E-state index >= 15 is 0 Å². The van der Waals surface area contributed by atoms with Crippen molar-refractivity contribution in [1.29, 1.82) is 0 Å². The van der Waals surface area contributed by atoms with Crippen LogP contribution in [0.1, 0.15) is 32.6 Å². The second kappa shape index (κ2) is 5.35. The Hall–Kier alpha value is -0.410. The standard InChI is InChI=1S/C10H19NO2/c1-9(13)8-10-4-2-3-5-11(10)6-7-12/h10,12H,2-8H2,1H3. The van der Waals surface area contributed by atoms with Crippen molar-refractivity contribution >= 4 is 5.78 Å². The highest BCUT2D eigenvalue weighted by Crippen LogP contribution is 2.19. The topological polar surface area (TPSA) is 40.5 Å². The molecule has 0 aromatic carbocycles. The number of β-amino-alcohol motifs (C(OH)–C–C–N with tert-alkyl or cyclic N) is 1. The number of aliphatic hydroxyl groups excluding tert-OH is 1. The van der Waals surface area contributed by atoms with Crippen molar-refractivity contribution in [3.8, 4) is 0 Å². The lowest BCUT2D eigenvalue weighted by Crippen LogP contribution is -2.42. The van der Waals surface area contributed by atoms with Crippen LogP contribution in [0.2, 0.25) is 0 Å². The Morgan fingerprint density at radius 2 is 2.31 bits per heavy atom. The van der Waals surface area contributed by atoms with E-state index in [1.165, 1.54) is 12.8 Å². The Balaban J connectivity index is 2.41. The maximum Gasteiger partial charge on any atom is 0.131 e. The summed E-state index contributed by atoms with van der Waals surface area (Å²) in [5.74, 6) is 0.259. The van der Waals surface area contributed by atoms with Gasteiger partial charge in [0.2, 0.25) is 0 Å². The highest BCUT2D eigenvalue weighted by Gasteiger charge is 2.22. The highest BCUT2D eigenvalue weighted by atomic mass is 16.3. The highest BCUT2D eigenvalue weighted by molar-refractivity contribution is 5.76. The zero-order chi connectivity index (χ0) is 9.68. The fourth-order valence-corrected chi connectivity index (χ4v) is 2.05. The number of hydrogen-bond donors (Lipinski definition) is 1. The molecule has 3 heteroatoms. The smallest absolute Gasteiger partial charge is 0.131 e. The Morgan fingerprint density at radius 3 is 2.92 bits per heavy atom. The molecule has 0 amide bonds. The minimum absolute atomic E-state index is 0.203. The normalized spacial score (nSPS) is 24.6. The number of Topliss-reactive ketones (excluding diaryl/α,β-unsaturated/α-hetero) is 1. The summed E-state index contributed by atoms with van der Waals surface area (Å²) in [6, 6.07) is 0.387. The molecule has 0 aliphatic carbocycles. The number of hydrogen-bond acceptors (Lipinski definition) is 3. The average molecular weight is 185 g/mol. The van der Waals surface area contributed by atoms with Gasteiger partial charge in [0.15, 0.2) is 0 Å². The van der Waals surface area contributed by atoms with Crippen LogP contribution in [0.15, 0.2) is 0 Å². The van der Waals surface area contributed by atoms with Gasteiger partial charge in [-0.15, -0.1) is 0 Å². The maximum absolute atomic E-state index is 11.0. The van der Waals surface area contributed by atoms with Gasteiger partial charge in [0.1, 0.15) is 5.78 Å². The number of carbonyl (C=O) groups is 1. The van der Waals surface area contributed by atoms with Crippen molar-refractivity contribution in [2.45, 2.75) is 38.6 Å². The molecule has 1 unspecified atom stereocenters. The molecule has 0 spiro atoms. The molecule has 1 N–H and O–H groups in total. The van der Waals surface area contributed by atoms with Gasteiger partial charge in [0.05, 0.1) is 6.61 Å². The summed E-state index contributed by atoms with van der Waals surface area (Å²) in [5, 5.41) is 8.84. The zero-order valence-corrected chi connectivity index (χ0v) is 8.33. The quantitative estimate of drug-likeness (QED) is 0.704. The maximum atomic E-state index is 11.0. The van der Waals surface area contributed by atoms with Crippen molar-refractivity contribution in [2.24, 2.45) is 0 Å². The molecule has 0 aromatic rings. The van der Waals surface area contributed by atoms with Gasteiger partial charge in [0, 0.05) is 19.0 Å². The van der Waals surface area contributed by atoms with E-state index in [2.05, 4.69) is 4.90 Å². The van der Waals surface area contributed by atoms with Gasteiger partial charge in [-0.2, -0.15) is 0 Å². The fraction of sp³-hybridized carbons (Fsp3) is 0.900. The summed E-state index contributed by atoms with van der Waals surface area (Å²) in [6.45, 7) is 3.61. The Kier molecular flexibility index (Phi) is 4.39. The summed E-state index contributed by atoms with van der Waals surface area (Å²) in [7, 11) is 0. The van der Waals surface area contributed by atoms with Crippen molar-refractivity contribution in [1.82, 2.24) is 4.90 Å². The molecule has 0 bridgehead atoms. The average Bonchev–Trinajstić information content (AvgIpc) is 2.08. The molecule has 3 nitrogen and oxygen atoms in total. The first-order chi connectivity index (χ1) is 6.24. The molecular weight excluding hydrogens is 166 g/mol. The van der Waals surface area contributed by atoms with Gasteiger partial charge in [-0.05, 0) is 26.3 Å². The Bertz CT molecular complexity index is 168. The third kappa shape index (κ3) is 3.44. The molecule has 0 aromatic heterocycles. The molecule has 0 radical (unpaired) electrons. The van der Waals surface area contributed by atoms with E-state index in [1.807, 2.05) is 0 Å². The number of nitrogens with zero attached hydrogens (tertiary/aromatic N) is 1. The molecule has 13 heavy (non-hydrogen) atoms. The molecule has 1 aliphatic rings. The van der Waals surface area contributed by atoms with Crippen LogP contribution < -0.4 is 0 Å². The van der Waals surface area contributed by atoms with Crippen LogP contribution in [-0.2, 0) is 4.79 Å². The third-order valence-electron chi connectivity index (χ3n) is 2.66. The zero-order valence-electron chi connectivity index (χ0n) is 8.33. The molecule has 1 rings (SSSR count). The second-order valence-corrected chi connectivity index (χ2v) is 3.82. The molecule has 76 valence electrons. The van der Waals surface area contributed by atoms with Crippen molar-refractivity contribution in [2.75, 3.05) is 19.7 Å². The third-order valence-corrected chi connectivity index (χ3v) is 2.66. The molecule has 1 atom stereocenters. The predicted octanol–water partition coefficient (Wildman–Crippen LogP) is 0.812. The first-order valence-electron chi connectivity index (χ1n) is 5.08. The van der Waals surface area contributed by atoms with Crippen molar-refractivity contribution in [3.05, 3.63) is 0 Å². The number of carbonyl (C=O) groups excluding carboxylic acids is 1. The number of rotatable bonds is 4. The van der Waals surface area contributed by atoms with Crippen LogP contribution in [-0.4, -0.2) is 41.5 Å². The number of aliphatic hydroxyl groups is 1. The lowest BCUT2D eigenvalue weighted by Gasteiger charge is -2.34. The van der Waals surface area contributed by atoms with Crippen LogP contribution in [0.3, 0.4) is 0 Å². The second-order valence-electron chi connectivity index (χ2n) is 3.82. The van der Waals surface area contributed by atoms with Gasteiger partial charge in [-0.3, -0.25) is 9.69 Å². The summed E-state index contributed by atoms with van der Waals surface area (Å²) < 4.78 is 0. The molecule has 0 saturated carbocycles. The molecule has 1 saturated heterocycles. The SMILES string of the molecule is CC(=O)CC1CCCCN1CCO. The summed E-state index contributed by atoms with van der Waals surface area (Å²) in [6.07, 6.45) is 4.19. The first kappa shape index (κ1) is 10.7. The summed E-state index contributed by atoms with van der Waals surface area (Å²) in [5.41, 5.74) is 0. The predicted molar refractivity (Wildman–Crippen MR) is 51.6 cm³/mol. The fourth-order valence-electron chi connectivity index (χ4n) is 2.05. The van der Waals surface area contributed by atoms with Gasteiger partial charge in [0.25, 0.3) is 0 Å². The minimum atomic E-state index is 0.203. The number of likely N-dealkylation sites (tertiary alicyclic amines) is 1. The summed E-state index contributed by atoms with van der Waals surface area (Å²) >= 11 is 0. The van der Waals surface area contributed by atoms with E-state index < -0.39 is 0 Å². The van der Waals surface area contributed by atoms with Crippen LogP contribution in [0, 0.1) is 0 Å². The van der Waals surface area contributed by atoms with E-state index in [4.69, 9.17) is 5.11 Å². The minimum Gasteiger partial charge on any atom is -0.395 e. The van der Waals surface area contributed by atoms with Gasteiger partial charge >= 0.3 is 0 Å². The van der Waals surface area contributed by atoms with Crippen LogP contribution in [0.5, 0.6) is 0 Å². The monoisotopic (exact) mass is 185 g/mol. The van der Waals surface area contributed by atoms with E-state index in [0.717, 1.165) is 19.5 Å². The summed E-state index contributed by atoms with van der Waals surface area (Å²) in [4.78, 5) is 13.2. The van der Waals surface area contributed by atoms with Crippen LogP contribution in [0.4, 0.5) is 0 Å².